The van der Waals surface area contributed by atoms with Crippen LogP contribution in [-0.2, 0) is 10.9 Å². The number of benzene rings is 2. The SMILES string of the molecule is Cc1cc(C(=O)N2CCN(C(=O)c3c(F)cccc3F)CC2)ccc1N[SH](=O)=O. The zero-order chi connectivity index (χ0) is 21.1. The minimum absolute atomic E-state index is 0.146. The normalized spacial score (nSPS) is 14.2. The van der Waals surface area contributed by atoms with Gasteiger partial charge >= 0.3 is 0 Å². The van der Waals surface area contributed by atoms with E-state index in [1.165, 1.54) is 28.0 Å². The molecule has 7 nitrogen and oxygen atoms in total. The lowest BCUT2D eigenvalue weighted by Gasteiger charge is -2.35. The number of nitrogens with one attached hydrogen (secondary N) is 1. The van der Waals surface area contributed by atoms with Crippen LogP contribution in [0.5, 0.6) is 0 Å². The van der Waals surface area contributed by atoms with Gasteiger partial charge in [0.05, 0.1) is 5.69 Å². The van der Waals surface area contributed by atoms with E-state index in [1.807, 2.05) is 0 Å². The summed E-state index contributed by atoms with van der Waals surface area (Å²) in [7, 11) is -2.80. The van der Waals surface area contributed by atoms with Gasteiger partial charge in [-0.25, -0.2) is 17.2 Å². The standard InChI is InChI=1S/C19H19F2N3O4S/c1-12-11-13(5-6-16(12)22-29(27)28)18(25)23-7-9-24(10-8-23)19(26)17-14(20)3-2-4-15(17)21/h2-6,11,29H,7-10H2,1H3,(H,22,27,28). The minimum atomic E-state index is -2.80. The van der Waals surface area contributed by atoms with Crippen molar-refractivity contribution >= 4 is 28.4 Å². The summed E-state index contributed by atoms with van der Waals surface area (Å²) in [5.74, 6) is -2.85. The molecule has 154 valence electrons. The summed E-state index contributed by atoms with van der Waals surface area (Å²) in [6.07, 6.45) is 0. The second kappa shape index (κ2) is 8.56. The summed E-state index contributed by atoms with van der Waals surface area (Å²) in [5, 5.41) is 0. The second-order valence-corrected chi connectivity index (χ2v) is 7.32. The average Bonchev–Trinajstić information content (AvgIpc) is 2.68. The number of thiol groups is 1. The van der Waals surface area contributed by atoms with Gasteiger partial charge in [0.25, 0.3) is 11.8 Å². The fraction of sp³-hybridized carbons (Fsp3) is 0.263. The molecular weight excluding hydrogens is 404 g/mol. The van der Waals surface area contributed by atoms with Crippen molar-refractivity contribution in [2.24, 2.45) is 0 Å². The molecule has 1 saturated heterocycles. The quantitative estimate of drug-likeness (QED) is 0.735. The highest BCUT2D eigenvalue weighted by molar-refractivity contribution is 7.73. The molecule has 1 fully saturated rings. The van der Waals surface area contributed by atoms with Gasteiger partial charge in [0.2, 0.25) is 10.9 Å². The van der Waals surface area contributed by atoms with Gasteiger partial charge in [0, 0.05) is 31.7 Å². The van der Waals surface area contributed by atoms with Crippen LogP contribution in [-0.4, -0.2) is 56.2 Å². The van der Waals surface area contributed by atoms with Crippen LogP contribution in [0.3, 0.4) is 0 Å². The highest BCUT2D eigenvalue weighted by Gasteiger charge is 2.28. The largest absolute Gasteiger partial charge is 0.335 e. The lowest BCUT2D eigenvalue weighted by molar-refractivity contribution is 0.0530. The number of anilines is 1. The molecule has 0 spiro atoms. The van der Waals surface area contributed by atoms with Crippen LogP contribution in [0.25, 0.3) is 0 Å². The number of aryl methyl sites for hydroxylation is 1. The van der Waals surface area contributed by atoms with Crippen LogP contribution in [0.15, 0.2) is 36.4 Å². The Kier molecular flexibility index (Phi) is 6.12. The van der Waals surface area contributed by atoms with Crippen molar-refractivity contribution in [2.75, 3.05) is 30.9 Å². The molecule has 29 heavy (non-hydrogen) atoms. The van der Waals surface area contributed by atoms with E-state index in [-0.39, 0.29) is 32.1 Å². The third-order valence-corrected chi connectivity index (χ3v) is 5.14. The molecule has 10 heteroatoms. The van der Waals surface area contributed by atoms with Crippen LogP contribution in [0.4, 0.5) is 14.5 Å². The number of carbonyl (C=O) groups is 2. The average molecular weight is 423 g/mol. The number of halogens is 2. The van der Waals surface area contributed by atoms with Crippen molar-refractivity contribution in [3.05, 3.63) is 64.7 Å². The molecule has 1 heterocycles. The van der Waals surface area contributed by atoms with Gasteiger partial charge in [0.15, 0.2) is 0 Å². The molecule has 0 atom stereocenters. The molecule has 0 aliphatic carbocycles. The molecule has 0 saturated carbocycles. The predicted octanol–water partition coefficient (Wildman–Crippen LogP) is 1.81. The van der Waals surface area contributed by atoms with Crippen LogP contribution in [0.2, 0.25) is 0 Å². The number of hydrogen-bond acceptors (Lipinski definition) is 4. The summed E-state index contributed by atoms with van der Waals surface area (Å²) in [6, 6.07) is 7.85. The Balaban J connectivity index is 1.67. The van der Waals surface area contributed by atoms with E-state index in [1.54, 1.807) is 13.0 Å². The Morgan fingerprint density at radius 1 is 0.931 bits per heavy atom. The highest BCUT2D eigenvalue weighted by Crippen LogP contribution is 2.20. The number of hydrogen-bond donors (Lipinski definition) is 2. The maximum Gasteiger partial charge on any atom is 0.259 e. The first-order valence-corrected chi connectivity index (χ1v) is 10.00. The third-order valence-electron chi connectivity index (χ3n) is 4.72. The Hall–Kier alpha value is -3.01. The lowest BCUT2D eigenvalue weighted by Crippen LogP contribution is -2.50. The Morgan fingerprint density at radius 3 is 2.00 bits per heavy atom. The predicted molar refractivity (Wildman–Crippen MR) is 103 cm³/mol. The van der Waals surface area contributed by atoms with Crippen molar-refractivity contribution in [1.29, 1.82) is 0 Å². The van der Waals surface area contributed by atoms with Crippen LogP contribution >= 0.6 is 0 Å². The van der Waals surface area contributed by atoms with Gasteiger partial charge in [-0.15, -0.1) is 0 Å². The summed E-state index contributed by atoms with van der Waals surface area (Å²) in [4.78, 5) is 28.0. The fourth-order valence-corrected chi connectivity index (χ4v) is 3.62. The second-order valence-electron chi connectivity index (χ2n) is 6.58. The molecule has 3 rings (SSSR count). The summed E-state index contributed by atoms with van der Waals surface area (Å²) >= 11 is 0. The van der Waals surface area contributed by atoms with E-state index in [0.29, 0.717) is 16.8 Å². The maximum atomic E-state index is 13.8. The van der Waals surface area contributed by atoms with Crippen molar-refractivity contribution in [1.82, 2.24) is 9.80 Å². The minimum Gasteiger partial charge on any atom is -0.335 e. The first kappa shape index (κ1) is 20.7. The fourth-order valence-electron chi connectivity index (χ4n) is 3.18. The Labute approximate surface area is 168 Å². The number of nitrogens with zero attached hydrogens (tertiary/aromatic N) is 2. The summed E-state index contributed by atoms with van der Waals surface area (Å²) < 4.78 is 51.5. The zero-order valence-corrected chi connectivity index (χ0v) is 16.4. The molecule has 2 amide bonds. The summed E-state index contributed by atoms with van der Waals surface area (Å²) in [6.45, 7) is 2.40. The molecule has 1 N–H and O–H groups in total. The van der Waals surface area contributed by atoms with E-state index in [0.717, 1.165) is 12.1 Å². The molecule has 1 aliphatic heterocycles. The van der Waals surface area contributed by atoms with Crippen LogP contribution in [0.1, 0.15) is 26.3 Å². The van der Waals surface area contributed by atoms with Gasteiger partial charge in [0.1, 0.15) is 17.2 Å². The maximum absolute atomic E-state index is 13.8. The van der Waals surface area contributed by atoms with Crippen molar-refractivity contribution in [2.45, 2.75) is 6.92 Å². The van der Waals surface area contributed by atoms with E-state index in [2.05, 4.69) is 4.72 Å². The van der Waals surface area contributed by atoms with Crippen LogP contribution in [0, 0.1) is 18.6 Å². The van der Waals surface area contributed by atoms with Gasteiger partial charge in [-0.3, -0.25) is 14.3 Å². The molecule has 2 aromatic carbocycles. The Bertz CT molecular complexity index is 1010. The molecule has 0 radical (unpaired) electrons. The molecule has 1 aliphatic rings. The lowest BCUT2D eigenvalue weighted by atomic mass is 10.1. The number of carbonyl (C=O) groups excluding carboxylic acids is 2. The third kappa shape index (κ3) is 4.53. The van der Waals surface area contributed by atoms with Crippen molar-refractivity contribution in [3.8, 4) is 0 Å². The molecule has 0 aromatic heterocycles. The zero-order valence-electron chi connectivity index (χ0n) is 15.5. The number of amides is 2. The summed E-state index contributed by atoms with van der Waals surface area (Å²) in [5.41, 5.74) is 0.774. The van der Waals surface area contributed by atoms with Gasteiger partial charge in [-0.2, -0.15) is 0 Å². The molecular formula is C19H19F2N3O4S. The first-order chi connectivity index (χ1) is 13.8. The van der Waals surface area contributed by atoms with E-state index in [4.69, 9.17) is 0 Å². The van der Waals surface area contributed by atoms with Gasteiger partial charge in [-0.05, 0) is 42.8 Å². The van der Waals surface area contributed by atoms with Crippen molar-refractivity contribution in [3.63, 3.8) is 0 Å². The highest BCUT2D eigenvalue weighted by atomic mass is 32.2. The van der Waals surface area contributed by atoms with Gasteiger partial charge in [-0.1, -0.05) is 6.07 Å². The first-order valence-electron chi connectivity index (χ1n) is 8.82. The smallest absolute Gasteiger partial charge is 0.259 e. The van der Waals surface area contributed by atoms with E-state index in [9.17, 15) is 26.8 Å². The Morgan fingerprint density at radius 2 is 1.48 bits per heavy atom. The van der Waals surface area contributed by atoms with E-state index >= 15 is 0 Å². The number of rotatable bonds is 4. The molecule has 2 aromatic rings. The van der Waals surface area contributed by atoms with Crippen LogP contribution < -0.4 is 4.72 Å². The van der Waals surface area contributed by atoms with E-state index < -0.39 is 34.0 Å². The molecule has 0 bridgehead atoms. The topological polar surface area (TPSA) is 86.8 Å². The van der Waals surface area contributed by atoms with Gasteiger partial charge < -0.3 is 9.80 Å². The van der Waals surface area contributed by atoms with Crippen molar-refractivity contribution < 1.29 is 26.8 Å². The monoisotopic (exact) mass is 423 g/mol. The molecule has 0 unspecified atom stereocenters. The number of piperazine rings is 1.